The highest BCUT2D eigenvalue weighted by Crippen LogP contribution is 2.28. The minimum atomic E-state index is -1.40. The lowest BCUT2D eigenvalue weighted by Crippen LogP contribution is -2.40. The van der Waals surface area contributed by atoms with E-state index < -0.39 is 19.0 Å². The van der Waals surface area contributed by atoms with Gasteiger partial charge < -0.3 is 14.6 Å². The lowest BCUT2D eigenvalue weighted by atomic mass is 9.87. The van der Waals surface area contributed by atoms with E-state index in [4.69, 9.17) is 4.65 Å². The Morgan fingerprint density at radius 2 is 2.04 bits per heavy atom. The van der Waals surface area contributed by atoms with Gasteiger partial charge in [-0.05, 0) is 42.5 Å². The van der Waals surface area contributed by atoms with Gasteiger partial charge in [0.05, 0.1) is 11.3 Å². The van der Waals surface area contributed by atoms with Crippen molar-refractivity contribution in [2.75, 3.05) is 20.6 Å². The highest BCUT2D eigenvalue weighted by molar-refractivity contribution is 9.11. The second-order valence-electron chi connectivity index (χ2n) is 5.73. The number of benzene rings is 1. The zero-order valence-electron chi connectivity index (χ0n) is 13.8. The van der Waals surface area contributed by atoms with Gasteiger partial charge in [0.2, 0.25) is 0 Å². The number of rotatable bonds is 7. The molecule has 0 amide bonds. The molecule has 1 aromatic heterocycles. The molecule has 1 heterocycles. The zero-order chi connectivity index (χ0) is 17.9. The van der Waals surface area contributed by atoms with Crippen LogP contribution in [0.4, 0.5) is 0 Å². The maximum Gasteiger partial charge on any atom is 0.573 e. The third-order valence-electron chi connectivity index (χ3n) is 3.57. The van der Waals surface area contributed by atoms with Gasteiger partial charge in [0.15, 0.2) is 5.78 Å². The van der Waals surface area contributed by atoms with Crippen molar-refractivity contribution in [1.29, 1.82) is 0 Å². The maximum absolute atomic E-state index is 12.3. The first kappa shape index (κ1) is 19.1. The molecule has 128 valence electrons. The van der Waals surface area contributed by atoms with Crippen molar-refractivity contribution in [3.8, 4) is 0 Å². The van der Waals surface area contributed by atoms with Gasteiger partial charge >= 0.3 is 13.1 Å². The first-order chi connectivity index (χ1) is 11.3. The van der Waals surface area contributed by atoms with E-state index in [-0.39, 0.29) is 12.3 Å². The van der Waals surface area contributed by atoms with Crippen LogP contribution in [-0.4, -0.2) is 49.4 Å². The number of thiophene rings is 1. The smallest absolute Gasteiger partial charge is 0.505 e. The summed E-state index contributed by atoms with van der Waals surface area (Å²) in [4.78, 5) is 26.1. The molecule has 8 heteroatoms. The number of likely N-dealkylation sites (N-methyl/N-ethyl adjacent to an activating group) is 1. The number of Topliss-reactive ketones (excluding diaryl/α,β-unsaturated/α-hetero) is 1. The minimum Gasteiger partial charge on any atom is -0.505 e. The number of nitrogens with zero attached hydrogens (tertiary/aromatic N) is 1. The molecule has 0 fully saturated rings. The number of carbonyl (C=O) groups excluding carboxylic acids is 2. The van der Waals surface area contributed by atoms with E-state index in [0.717, 1.165) is 10.1 Å². The zero-order valence-corrected chi connectivity index (χ0v) is 16.2. The maximum atomic E-state index is 12.3. The monoisotopic (exact) mass is 411 g/mol. The Kier molecular flexibility index (Phi) is 6.57. The van der Waals surface area contributed by atoms with Gasteiger partial charge in [0, 0.05) is 14.6 Å². The van der Waals surface area contributed by atoms with E-state index in [0.29, 0.717) is 15.7 Å². The topological polar surface area (TPSA) is 66.8 Å². The molecule has 0 spiro atoms. The molecule has 24 heavy (non-hydrogen) atoms. The minimum absolute atomic E-state index is 0.163. The van der Waals surface area contributed by atoms with Crippen LogP contribution in [-0.2, 0) is 14.2 Å². The normalized spacial score (nSPS) is 12.4. The number of fused-ring (bicyclic) bond motifs is 1. The molecule has 2 aromatic rings. The first-order valence-electron chi connectivity index (χ1n) is 7.58. The molecule has 1 aromatic carbocycles. The van der Waals surface area contributed by atoms with Crippen molar-refractivity contribution in [3.05, 3.63) is 28.7 Å². The van der Waals surface area contributed by atoms with Gasteiger partial charge in [-0.3, -0.25) is 9.59 Å². The van der Waals surface area contributed by atoms with Gasteiger partial charge in [-0.1, -0.05) is 25.1 Å². The van der Waals surface area contributed by atoms with Crippen molar-refractivity contribution in [3.63, 3.8) is 0 Å². The Bertz CT molecular complexity index is 749. The van der Waals surface area contributed by atoms with Crippen molar-refractivity contribution in [2.45, 2.75) is 13.3 Å². The van der Waals surface area contributed by atoms with Gasteiger partial charge in [0.25, 0.3) is 0 Å². The summed E-state index contributed by atoms with van der Waals surface area (Å²) in [5.74, 6) is -1.77. The molecule has 5 nitrogen and oxygen atoms in total. The molecule has 0 bridgehead atoms. The SMILES string of the molecule is CCC(C(=O)CN(C)C)C(=O)OB(O)c1sc2ccccc2c1Br. The molecule has 0 aliphatic carbocycles. The van der Waals surface area contributed by atoms with Gasteiger partial charge in [0.1, 0.15) is 5.92 Å². The molecule has 0 aliphatic rings. The Hall–Kier alpha value is -1.22. The van der Waals surface area contributed by atoms with Crippen LogP contribution in [0.3, 0.4) is 0 Å². The molecule has 0 saturated heterocycles. The van der Waals surface area contributed by atoms with Crippen LogP contribution < -0.4 is 4.78 Å². The van der Waals surface area contributed by atoms with Crippen LogP contribution in [0, 0.1) is 5.92 Å². The number of carbonyl (C=O) groups is 2. The summed E-state index contributed by atoms with van der Waals surface area (Å²) < 4.78 is 7.36. The molecule has 1 unspecified atom stereocenters. The quantitative estimate of drug-likeness (QED) is 0.557. The Labute approximate surface area is 153 Å². The van der Waals surface area contributed by atoms with E-state index in [1.165, 1.54) is 11.3 Å². The molecule has 2 rings (SSSR count). The fourth-order valence-electron chi connectivity index (χ4n) is 2.39. The summed E-state index contributed by atoms with van der Waals surface area (Å²) in [7, 11) is 2.13. The van der Waals surface area contributed by atoms with Gasteiger partial charge in [-0.15, -0.1) is 11.3 Å². The molecular formula is C16H19BBrNO4S. The predicted molar refractivity (Wildman–Crippen MR) is 101 cm³/mol. The lowest BCUT2D eigenvalue weighted by molar-refractivity contribution is -0.145. The number of hydrogen-bond donors (Lipinski definition) is 1. The van der Waals surface area contributed by atoms with Crippen molar-refractivity contribution in [2.24, 2.45) is 5.92 Å². The van der Waals surface area contributed by atoms with E-state index in [1.807, 2.05) is 24.3 Å². The van der Waals surface area contributed by atoms with Crippen molar-refractivity contribution >= 4 is 61.0 Å². The van der Waals surface area contributed by atoms with Crippen LogP contribution in [0.2, 0.25) is 0 Å². The molecule has 1 N–H and O–H groups in total. The van der Waals surface area contributed by atoms with Crippen LogP contribution >= 0.6 is 27.3 Å². The van der Waals surface area contributed by atoms with Crippen molar-refractivity contribution < 1.29 is 19.3 Å². The molecule has 0 radical (unpaired) electrons. The first-order valence-corrected chi connectivity index (χ1v) is 9.19. The van der Waals surface area contributed by atoms with Gasteiger partial charge in [-0.2, -0.15) is 0 Å². The second kappa shape index (κ2) is 8.25. The summed E-state index contributed by atoms with van der Waals surface area (Å²) in [5, 5.41) is 11.2. The van der Waals surface area contributed by atoms with Gasteiger partial charge in [-0.25, -0.2) is 0 Å². The second-order valence-corrected chi connectivity index (χ2v) is 7.61. The summed E-state index contributed by atoms with van der Waals surface area (Å²) in [6.07, 6.45) is 0.339. The van der Waals surface area contributed by atoms with Crippen LogP contribution in [0.15, 0.2) is 28.7 Å². The number of halogens is 1. The van der Waals surface area contributed by atoms with Crippen LogP contribution in [0.1, 0.15) is 13.3 Å². The highest BCUT2D eigenvalue weighted by atomic mass is 79.9. The highest BCUT2D eigenvalue weighted by Gasteiger charge is 2.33. The standard InChI is InChI=1S/C16H19BBrNO4S/c1-4-10(12(20)9-19(2)3)16(21)23-17(22)15-14(18)11-7-5-6-8-13(11)24-15/h5-8,10,22H,4,9H2,1-3H3. The number of hydrogen-bond acceptors (Lipinski definition) is 6. The van der Waals surface area contributed by atoms with E-state index >= 15 is 0 Å². The largest absolute Gasteiger partial charge is 0.573 e. The molecule has 0 aliphatic heterocycles. The average molecular weight is 412 g/mol. The Morgan fingerprint density at radius 1 is 1.38 bits per heavy atom. The summed E-state index contributed by atoms with van der Waals surface area (Å²) in [6.45, 7) is 1.91. The van der Waals surface area contributed by atoms with E-state index in [2.05, 4.69) is 15.9 Å². The lowest BCUT2D eigenvalue weighted by Gasteiger charge is -2.17. The Balaban J connectivity index is 2.14. The summed E-state index contributed by atoms with van der Waals surface area (Å²) in [5.41, 5.74) is 0. The van der Waals surface area contributed by atoms with Crippen LogP contribution in [0.5, 0.6) is 0 Å². The third-order valence-corrected chi connectivity index (χ3v) is 5.88. The number of ketones is 1. The average Bonchev–Trinajstić information content (AvgIpc) is 2.85. The molecular weight excluding hydrogens is 393 g/mol. The summed E-state index contributed by atoms with van der Waals surface area (Å²) in [6, 6.07) is 7.65. The Morgan fingerprint density at radius 3 is 2.62 bits per heavy atom. The predicted octanol–water partition coefficient (Wildman–Crippen LogP) is 2.05. The van der Waals surface area contributed by atoms with E-state index in [1.54, 1.807) is 25.9 Å². The third kappa shape index (κ3) is 4.24. The summed E-state index contributed by atoms with van der Waals surface area (Å²) >= 11 is 4.79. The van der Waals surface area contributed by atoms with E-state index in [9.17, 15) is 14.6 Å². The molecule has 1 atom stereocenters. The van der Waals surface area contributed by atoms with Crippen molar-refractivity contribution in [1.82, 2.24) is 4.90 Å². The fraction of sp³-hybridized carbons (Fsp3) is 0.375. The fourth-order valence-corrected chi connectivity index (χ4v) is 4.31. The van der Waals surface area contributed by atoms with Crippen LogP contribution in [0.25, 0.3) is 10.1 Å². The molecule has 0 saturated carbocycles.